The molecule has 2 amide bonds. The van der Waals surface area contributed by atoms with Gasteiger partial charge >= 0.3 is 0 Å². The molecule has 0 aliphatic carbocycles. The molecule has 2 rings (SSSR count). The highest BCUT2D eigenvalue weighted by atomic mass is 35.5. The first-order valence-electron chi connectivity index (χ1n) is 8.54. The van der Waals surface area contributed by atoms with Crippen LogP contribution in [-0.4, -0.2) is 62.7 Å². The van der Waals surface area contributed by atoms with Crippen molar-refractivity contribution in [1.82, 2.24) is 15.5 Å². The lowest BCUT2D eigenvalue weighted by atomic mass is 10.0. The molecule has 140 valence electrons. The van der Waals surface area contributed by atoms with Crippen LogP contribution in [0.5, 0.6) is 0 Å². The van der Waals surface area contributed by atoms with Crippen LogP contribution in [0, 0.1) is 0 Å². The van der Waals surface area contributed by atoms with E-state index in [2.05, 4.69) is 10.6 Å². The molecular weight excluding hydrogens is 342 g/mol. The van der Waals surface area contributed by atoms with Crippen LogP contribution < -0.4 is 10.6 Å². The molecule has 1 atom stereocenters. The summed E-state index contributed by atoms with van der Waals surface area (Å²) >= 11 is 0. The summed E-state index contributed by atoms with van der Waals surface area (Å²) in [4.78, 5) is 26.5. The minimum absolute atomic E-state index is 0. The number of carbonyl (C=O) groups is 2. The van der Waals surface area contributed by atoms with Crippen molar-refractivity contribution in [3.8, 4) is 0 Å². The number of methoxy groups -OCH3 is 1. The first kappa shape index (κ1) is 21.4. The first-order chi connectivity index (χ1) is 11.7. The molecular formula is C18H28ClN3O3. The molecule has 0 spiro atoms. The van der Waals surface area contributed by atoms with E-state index >= 15 is 0 Å². The standard InChI is InChI=1S/C18H27N3O3.ClH/c1-24-12-10-19-14-17(22)21-11-6-5-9-16(21)13-20-18(23)15-7-3-2-4-8-15;/h2-4,7-8,16,19H,5-6,9-14H2,1H3,(H,20,23);1H. The smallest absolute Gasteiger partial charge is 0.251 e. The van der Waals surface area contributed by atoms with Gasteiger partial charge in [0.05, 0.1) is 13.2 Å². The van der Waals surface area contributed by atoms with Crippen LogP contribution in [0.3, 0.4) is 0 Å². The highest BCUT2D eigenvalue weighted by molar-refractivity contribution is 5.94. The zero-order chi connectivity index (χ0) is 17.2. The van der Waals surface area contributed by atoms with Crippen LogP contribution in [0.2, 0.25) is 0 Å². The van der Waals surface area contributed by atoms with Crippen LogP contribution in [0.15, 0.2) is 30.3 Å². The Morgan fingerprint density at radius 2 is 2.00 bits per heavy atom. The maximum Gasteiger partial charge on any atom is 0.251 e. The zero-order valence-corrected chi connectivity index (χ0v) is 15.5. The Morgan fingerprint density at radius 1 is 1.24 bits per heavy atom. The number of hydrogen-bond donors (Lipinski definition) is 2. The Kier molecular flexibility index (Phi) is 10.1. The molecule has 1 heterocycles. The third-order valence-electron chi connectivity index (χ3n) is 4.24. The van der Waals surface area contributed by atoms with E-state index in [1.165, 1.54) is 0 Å². The largest absolute Gasteiger partial charge is 0.383 e. The van der Waals surface area contributed by atoms with Gasteiger partial charge in [-0.15, -0.1) is 12.4 Å². The normalized spacial score (nSPS) is 16.8. The number of carbonyl (C=O) groups excluding carboxylic acids is 2. The van der Waals surface area contributed by atoms with Gasteiger partial charge in [-0.25, -0.2) is 0 Å². The minimum Gasteiger partial charge on any atom is -0.383 e. The summed E-state index contributed by atoms with van der Waals surface area (Å²) in [6.07, 6.45) is 3.04. The number of hydrogen-bond acceptors (Lipinski definition) is 4. The molecule has 0 bridgehead atoms. The maximum atomic E-state index is 12.4. The van der Waals surface area contributed by atoms with Gasteiger partial charge in [-0.2, -0.15) is 0 Å². The summed E-state index contributed by atoms with van der Waals surface area (Å²) in [6, 6.07) is 9.23. The van der Waals surface area contributed by atoms with Crippen molar-refractivity contribution in [2.24, 2.45) is 0 Å². The lowest BCUT2D eigenvalue weighted by Crippen LogP contribution is -2.51. The van der Waals surface area contributed by atoms with E-state index in [0.717, 1.165) is 25.8 Å². The average Bonchev–Trinajstić information content (AvgIpc) is 2.64. The summed E-state index contributed by atoms with van der Waals surface area (Å²) in [5.41, 5.74) is 0.646. The van der Waals surface area contributed by atoms with E-state index in [1.54, 1.807) is 19.2 Å². The van der Waals surface area contributed by atoms with Gasteiger partial charge < -0.3 is 20.3 Å². The lowest BCUT2D eigenvalue weighted by Gasteiger charge is -2.36. The minimum atomic E-state index is -0.0909. The molecule has 7 heteroatoms. The van der Waals surface area contributed by atoms with Crippen molar-refractivity contribution in [3.05, 3.63) is 35.9 Å². The van der Waals surface area contributed by atoms with Gasteiger partial charge in [-0.05, 0) is 31.4 Å². The van der Waals surface area contributed by atoms with Crippen molar-refractivity contribution in [2.45, 2.75) is 25.3 Å². The summed E-state index contributed by atoms with van der Waals surface area (Å²) in [5.74, 6) is -0.00319. The van der Waals surface area contributed by atoms with Crippen molar-refractivity contribution >= 4 is 24.2 Å². The number of likely N-dealkylation sites (tertiary alicyclic amines) is 1. The van der Waals surface area contributed by atoms with E-state index < -0.39 is 0 Å². The Balaban J connectivity index is 0.00000312. The van der Waals surface area contributed by atoms with Gasteiger partial charge in [0, 0.05) is 38.3 Å². The van der Waals surface area contributed by atoms with Crippen LogP contribution in [0.1, 0.15) is 29.6 Å². The van der Waals surface area contributed by atoms with Gasteiger partial charge in [-0.3, -0.25) is 9.59 Å². The van der Waals surface area contributed by atoms with Gasteiger partial charge in [-0.1, -0.05) is 18.2 Å². The van der Waals surface area contributed by atoms with E-state index in [9.17, 15) is 9.59 Å². The molecule has 1 saturated heterocycles. The summed E-state index contributed by atoms with van der Waals surface area (Å²) < 4.78 is 4.96. The summed E-state index contributed by atoms with van der Waals surface area (Å²) in [5, 5.41) is 6.05. The van der Waals surface area contributed by atoms with Crippen LogP contribution >= 0.6 is 12.4 Å². The van der Waals surface area contributed by atoms with E-state index in [1.807, 2.05) is 23.1 Å². The number of nitrogens with zero attached hydrogens (tertiary/aromatic N) is 1. The van der Waals surface area contributed by atoms with Gasteiger partial charge in [0.15, 0.2) is 0 Å². The van der Waals surface area contributed by atoms with E-state index in [4.69, 9.17) is 4.74 Å². The predicted molar refractivity (Wildman–Crippen MR) is 100 cm³/mol. The number of nitrogens with one attached hydrogen (secondary N) is 2. The molecule has 0 radical (unpaired) electrons. The second-order valence-corrected chi connectivity index (χ2v) is 5.98. The molecule has 0 saturated carbocycles. The molecule has 1 fully saturated rings. The molecule has 1 aromatic rings. The number of rotatable bonds is 8. The molecule has 1 unspecified atom stereocenters. The first-order valence-corrected chi connectivity index (χ1v) is 8.54. The van der Waals surface area contributed by atoms with Crippen molar-refractivity contribution in [3.63, 3.8) is 0 Å². The van der Waals surface area contributed by atoms with Crippen LogP contribution in [0.4, 0.5) is 0 Å². The Bertz CT molecular complexity index is 528. The number of benzene rings is 1. The third-order valence-corrected chi connectivity index (χ3v) is 4.24. The number of piperidine rings is 1. The van der Waals surface area contributed by atoms with E-state index in [0.29, 0.717) is 31.8 Å². The monoisotopic (exact) mass is 369 g/mol. The van der Waals surface area contributed by atoms with Gasteiger partial charge in [0.25, 0.3) is 5.91 Å². The van der Waals surface area contributed by atoms with Crippen LogP contribution in [-0.2, 0) is 9.53 Å². The van der Waals surface area contributed by atoms with Gasteiger partial charge in [0.1, 0.15) is 0 Å². The molecule has 6 nitrogen and oxygen atoms in total. The molecule has 2 N–H and O–H groups in total. The molecule has 1 aliphatic heterocycles. The Labute approximate surface area is 155 Å². The SMILES string of the molecule is COCCNCC(=O)N1CCCCC1CNC(=O)c1ccccc1.Cl. The number of amides is 2. The van der Waals surface area contributed by atoms with Crippen LogP contribution in [0.25, 0.3) is 0 Å². The summed E-state index contributed by atoms with van der Waals surface area (Å²) in [7, 11) is 1.64. The fourth-order valence-corrected chi connectivity index (χ4v) is 2.91. The molecule has 25 heavy (non-hydrogen) atoms. The maximum absolute atomic E-state index is 12.4. The van der Waals surface area contributed by atoms with Crippen molar-refractivity contribution in [2.75, 3.05) is 39.9 Å². The zero-order valence-electron chi connectivity index (χ0n) is 14.7. The van der Waals surface area contributed by atoms with Crippen molar-refractivity contribution in [1.29, 1.82) is 0 Å². The van der Waals surface area contributed by atoms with Crippen molar-refractivity contribution < 1.29 is 14.3 Å². The lowest BCUT2D eigenvalue weighted by molar-refractivity contribution is -0.133. The second-order valence-electron chi connectivity index (χ2n) is 5.98. The fourth-order valence-electron chi connectivity index (χ4n) is 2.91. The molecule has 1 aromatic carbocycles. The summed E-state index contributed by atoms with van der Waals surface area (Å²) in [6.45, 7) is 2.82. The molecule has 1 aliphatic rings. The highest BCUT2D eigenvalue weighted by Gasteiger charge is 2.26. The Morgan fingerprint density at radius 3 is 2.72 bits per heavy atom. The topological polar surface area (TPSA) is 70.7 Å². The quantitative estimate of drug-likeness (QED) is 0.680. The third kappa shape index (κ3) is 7.02. The predicted octanol–water partition coefficient (Wildman–Crippen LogP) is 1.46. The van der Waals surface area contributed by atoms with E-state index in [-0.39, 0.29) is 30.3 Å². The highest BCUT2D eigenvalue weighted by Crippen LogP contribution is 2.16. The second kappa shape index (κ2) is 11.8. The Hall–Kier alpha value is -1.63. The molecule has 0 aromatic heterocycles. The average molecular weight is 370 g/mol. The number of ether oxygens (including phenoxy) is 1. The number of halogens is 1. The van der Waals surface area contributed by atoms with Gasteiger partial charge in [0.2, 0.25) is 5.91 Å². The fraction of sp³-hybridized carbons (Fsp3) is 0.556.